The van der Waals surface area contributed by atoms with Gasteiger partial charge in [-0.1, -0.05) is 18.6 Å². The fourth-order valence-electron chi connectivity index (χ4n) is 3.94. The Labute approximate surface area is 182 Å². The third kappa shape index (κ3) is 5.44. The topological polar surface area (TPSA) is 43.8 Å². The van der Waals surface area contributed by atoms with Gasteiger partial charge >= 0.3 is 0 Å². The number of aromatic nitrogens is 1. The van der Waals surface area contributed by atoms with Crippen molar-refractivity contribution < 1.29 is 18.6 Å². The van der Waals surface area contributed by atoms with Crippen molar-refractivity contribution in [1.82, 2.24) is 9.88 Å². The largest absolute Gasteiger partial charge is 0.493 e. The van der Waals surface area contributed by atoms with Crippen LogP contribution in [0.4, 0.5) is 4.39 Å². The molecule has 2 heterocycles. The normalized spacial score (nSPS) is 14.5. The van der Waals surface area contributed by atoms with Crippen LogP contribution >= 0.6 is 0 Å². The van der Waals surface area contributed by atoms with Crippen LogP contribution in [-0.2, 0) is 0 Å². The van der Waals surface area contributed by atoms with E-state index in [0.717, 1.165) is 24.8 Å². The van der Waals surface area contributed by atoms with Crippen LogP contribution < -0.4 is 14.2 Å². The van der Waals surface area contributed by atoms with Crippen LogP contribution in [-0.4, -0.2) is 43.2 Å². The molecule has 1 fully saturated rings. The quantitative estimate of drug-likeness (QED) is 0.405. The summed E-state index contributed by atoms with van der Waals surface area (Å²) in [5.41, 5.74) is 0.706. The summed E-state index contributed by atoms with van der Waals surface area (Å²) in [7, 11) is 1.61. The second kappa shape index (κ2) is 10.4. The van der Waals surface area contributed by atoms with Gasteiger partial charge < -0.3 is 19.1 Å². The molecule has 0 radical (unpaired) electrons. The zero-order chi connectivity index (χ0) is 21.5. The number of piperidine rings is 1. The second-order valence-corrected chi connectivity index (χ2v) is 7.82. The van der Waals surface area contributed by atoms with Gasteiger partial charge in [-0.3, -0.25) is 4.98 Å². The van der Waals surface area contributed by atoms with Crippen molar-refractivity contribution in [3.63, 3.8) is 0 Å². The van der Waals surface area contributed by atoms with E-state index in [1.807, 2.05) is 12.1 Å². The van der Waals surface area contributed by atoms with E-state index >= 15 is 0 Å². The molecule has 0 amide bonds. The lowest BCUT2D eigenvalue weighted by Gasteiger charge is -2.26. The third-order valence-corrected chi connectivity index (χ3v) is 5.62. The number of hydrogen-bond acceptors (Lipinski definition) is 5. The van der Waals surface area contributed by atoms with E-state index in [4.69, 9.17) is 14.2 Å². The molecular weight excluding hydrogens is 395 g/mol. The first-order valence-electron chi connectivity index (χ1n) is 11.0. The summed E-state index contributed by atoms with van der Waals surface area (Å²) in [6.45, 7) is 4.21. The predicted octanol–water partition coefficient (Wildman–Crippen LogP) is 5.82. The van der Waals surface area contributed by atoms with Gasteiger partial charge in [-0.25, -0.2) is 4.39 Å². The van der Waals surface area contributed by atoms with E-state index in [-0.39, 0.29) is 5.75 Å². The van der Waals surface area contributed by atoms with Crippen LogP contribution in [0.15, 0.2) is 48.7 Å². The van der Waals surface area contributed by atoms with Crippen LogP contribution in [0.5, 0.6) is 23.0 Å². The number of nitrogens with zero attached hydrogens (tertiary/aromatic N) is 2. The molecule has 31 heavy (non-hydrogen) atoms. The number of rotatable bonds is 9. The molecule has 0 aliphatic carbocycles. The minimum absolute atomic E-state index is 0.169. The lowest BCUT2D eigenvalue weighted by molar-refractivity contribution is 0.214. The average molecular weight is 425 g/mol. The first kappa shape index (κ1) is 21.4. The van der Waals surface area contributed by atoms with Gasteiger partial charge in [-0.15, -0.1) is 0 Å². The highest BCUT2D eigenvalue weighted by Gasteiger charge is 2.14. The molecule has 0 spiro atoms. The van der Waals surface area contributed by atoms with Crippen molar-refractivity contribution in [2.45, 2.75) is 32.1 Å². The standard InChI is InChI=1S/C25H29FN2O3/c1-29-24-17-19-21(27-12-11-22(19)31-23-10-4-3-9-20(23)26)18-25(24)30-16-8-7-15-28-13-5-2-6-14-28/h3-4,9-12,17-18H,2,5-8,13-16H2,1H3. The van der Waals surface area contributed by atoms with E-state index in [2.05, 4.69) is 9.88 Å². The number of hydrogen-bond donors (Lipinski definition) is 0. The Morgan fingerprint density at radius 2 is 1.77 bits per heavy atom. The molecule has 0 bridgehead atoms. The van der Waals surface area contributed by atoms with E-state index in [9.17, 15) is 4.39 Å². The molecule has 0 saturated carbocycles. The molecule has 1 aromatic heterocycles. The summed E-state index contributed by atoms with van der Waals surface area (Å²) >= 11 is 0. The fourth-order valence-corrected chi connectivity index (χ4v) is 3.94. The first-order valence-corrected chi connectivity index (χ1v) is 11.0. The SMILES string of the molecule is COc1cc2c(Oc3ccccc3F)ccnc2cc1OCCCCN1CCCCC1. The number of fused-ring (bicyclic) bond motifs is 1. The lowest BCUT2D eigenvalue weighted by atomic mass is 10.1. The van der Waals surface area contributed by atoms with Crippen molar-refractivity contribution in [2.24, 2.45) is 0 Å². The minimum Gasteiger partial charge on any atom is -0.493 e. The summed E-state index contributed by atoms with van der Waals surface area (Å²) < 4.78 is 31.4. The number of pyridine rings is 1. The van der Waals surface area contributed by atoms with E-state index < -0.39 is 5.82 Å². The summed E-state index contributed by atoms with van der Waals surface area (Å²) in [6.07, 6.45) is 7.76. The maximum absolute atomic E-state index is 14.0. The number of methoxy groups -OCH3 is 1. The van der Waals surface area contributed by atoms with Gasteiger partial charge in [0.25, 0.3) is 0 Å². The van der Waals surface area contributed by atoms with Crippen molar-refractivity contribution in [2.75, 3.05) is 33.4 Å². The lowest BCUT2D eigenvalue weighted by Crippen LogP contribution is -2.30. The van der Waals surface area contributed by atoms with Gasteiger partial charge in [0.05, 0.1) is 19.2 Å². The van der Waals surface area contributed by atoms with Gasteiger partial charge in [-0.05, 0) is 69.6 Å². The predicted molar refractivity (Wildman–Crippen MR) is 120 cm³/mol. The summed E-state index contributed by atoms with van der Waals surface area (Å²) in [5, 5.41) is 0.736. The number of halogens is 1. The number of unbranched alkanes of at least 4 members (excludes halogenated alkanes) is 1. The van der Waals surface area contributed by atoms with Crippen molar-refractivity contribution >= 4 is 10.9 Å². The molecule has 1 aliphatic heterocycles. The molecule has 0 unspecified atom stereocenters. The number of para-hydroxylation sites is 1. The third-order valence-electron chi connectivity index (χ3n) is 5.62. The Balaban J connectivity index is 1.43. The van der Waals surface area contributed by atoms with Gasteiger partial charge in [0.2, 0.25) is 0 Å². The molecule has 0 atom stereocenters. The molecule has 164 valence electrons. The molecule has 2 aromatic carbocycles. The maximum atomic E-state index is 14.0. The zero-order valence-corrected chi connectivity index (χ0v) is 18.0. The molecule has 1 aliphatic rings. The average Bonchev–Trinajstić information content (AvgIpc) is 2.80. The summed E-state index contributed by atoms with van der Waals surface area (Å²) in [5.74, 6) is 1.53. The Hall–Kier alpha value is -2.86. The zero-order valence-electron chi connectivity index (χ0n) is 18.0. The van der Waals surface area contributed by atoms with Crippen molar-refractivity contribution in [3.8, 4) is 23.0 Å². The minimum atomic E-state index is -0.413. The monoisotopic (exact) mass is 424 g/mol. The second-order valence-electron chi connectivity index (χ2n) is 7.82. The number of benzene rings is 2. The van der Waals surface area contributed by atoms with E-state index in [0.29, 0.717) is 29.4 Å². The number of likely N-dealkylation sites (tertiary alicyclic amines) is 1. The highest BCUT2D eigenvalue weighted by molar-refractivity contribution is 5.88. The maximum Gasteiger partial charge on any atom is 0.165 e. The van der Waals surface area contributed by atoms with Gasteiger partial charge in [0.15, 0.2) is 23.1 Å². The van der Waals surface area contributed by atoms with Crippen LogP contribution in [0.25, 0.3) is 10.9 Å². The summed E-state index contributed by atoms with van der Waals surface area (Å²) in [4.78, 5) is 6.97. The highest BCUT2D eigenvalue weighted by Crippen LogP contribution is 2.37. The van der Waals surface area contributed by atoms with E-state index in [1.165, 1.54) is 38.4 Å². The van der Waals surface area contributed by atoms with Gasteiger partial charge in [0, 0.05) is 17.6 Å². The van der Waals surface area contributed by atoms with Crippen LogP contribution in [0, 0.1) is 5.82 Å². The van der Waals surface area contributed by atoms with Crippen molar-refractivity contribution in [3.05, 3.63) is 54.5 Å². The van der Waals surface area contributed by atoms with Crippen LogP contribution in [0.2, 0.25) is 0 Å². The molecule has 4 rings (SSSR count). The Kier molecular flexibility index (Phi) is 7.20. The first-order chi connectivity index (χ1) is 15.2. The molecular formula is C25H29FN2O3. The van der Waals surface area contributed by atoms with E-state index in [1.54, 1.807) is 37.6 Å². The Morgan fingerprint density at radius 3 is 2.58 bits per heavy atom. The Morgan fingerprint density at radius 1 is 0.935 bits per heavy atom. The fraction of sp³-hybridized carbons (Fsp3) is 0.400. The van der Waals surface area contributed by atoms with Gasteiger partial charge in [-0.2, -0.15) is 0 Å². The van der Waals surface area contributed by atoms with Gasteiger partial charge in [0.1, 0.15) is 5.75 Å². The smallest absolute Gasteiger partial charge is 0.165 e. The summed E-state index contributed by atoms with van der Waals surface area (Å²) in [6, 6.07) is 11.7. The Bertz CT molecular complexity index is 1010. The van der Waals surface area contributed by atoms with Crippen LogP contribution in [0.3, 0.4) is 0 Å². The molecule has 1 saturated heterocycles. The van der Waals surface area contributed by atoms with Crippen LogP contribution in [0.1, 0.15) is 32.1 Å². The molecule has 6 heteroatoms. The molecule has 0 N–H and O–H groups in total. The molecule has 3 aromatic rings. The highest BCUT2D eigenvalue weighted by atomic mass is 19.1. The number of ether oxygens (including phenoxy) is 3. The van der Waals surface area contributed by atoms with Crippen molar-refractivity contribution in [1.29, 1.82) is 0 Å². The molecule has 5 nitrogen and oxygen atoms in total.